The number of rotatable bonds is 11. The lowest BCUT2D eigenvalue weighted by molar-refractivity contribution is -0.166. The molecule has 0 aliphatic heterocycles. The molecule has 2 aromatic rings. The minimum atomic E-state index is -0.226. The van der Waals surface area contributed by atoms with Crippen molar-refractivity contribution >= 4 is 0 Å². The van der Waals surface area contributed by atoms with Crippen LogP contribution in [0.2, 0.25) is 0 Å². The Kier molecular flexibility index (Phi) is 20.6. The van der Waals surface area contributed by atoms with E-state index in [1.807, 2.05) is 53.7 Å². The van der Waals surface area contributed by atoms with Crippen LogP contribution >= 0.6 is 0 Å². The molecule has 0 aromatic heterocycles. The second kappa shape index (κ2) is 21.6. The van der Waals surface area contributed by atoms with Gasteiger partial charge in [0.2, 0.25) is 6.29 Å². The van der Waals surface area contributed by atoms with Gasteiger partial charge in [-0.2, -0.15) is 0 Å². The number of benzene rings is 2. The van der Waals surface area contributed by atoms with E-state index >= 15 is 0 Å². The molecule has 2 nitrogen and oxygen atoms in total. The number of ether oxygens (including phenoxy) is 2. The van der Waals surface area contributed by atoms with Gasteiger partial charge in [0.1, 0.15) is 5.75 Å². The summed E-state index contributed by atoms with van der Waals surface area (Å²) in [5.74, 6) is 1.45. The first-order chi connectivity index (χ1) is 20.5. The average molecular weight is 595 g/mol. The van der Waals surface area contributed by atoms with Gasteiger partial charge in [-0.1, -0.05) is 150 Å². The smallest absolute Gasteiger partial charge is 0.205 e. The molecule has 43 heavy (non-hydrogen) atoms. The van der Waals surface area contributed by atoms with E-state index in [4.69, 9.17) is 9.47 Å². The summed E-state index contributed by atoms with van der Waals surface area (Å²) in [6.45, 7) is 29.0. The van der Waals surface area contributed by atoms with Crippen molar-refractivity contribution in [3.8, 4) is 5.75 Å². The Morgan fingerprint density at radius 2 is 1.30 bits per heavy atom. The zero-order chi connectivity index (χ0) is 32.9. The third kappa shape index (κ3) is 14.5. The molecule has 0 N–H and O–H groups in total. The molecule has 1 fully saturated rings. The predicted octanol–water partition coefficient (Wildman–Crippen LogP) is 13.2. The third-order valence-electron chi connectivity index (χ3n) is 8.60. The van der Waals surface area contributed by atoms with E-state index in [2.05, 4.69) is 103 Å². The summed E-state index contributed by atoms with van der Waals surface area (Å²) in [5.41, 5.74) is 3.36. The maximum atomic E-state index is 6.70. The summed E-state index contributed by atoms with van der Waals surface area (Å²) in [6.07, 6.45) is 13.2. The van der Waals surface area contributed by atoms with Gasteiger partial charge in [0.05, 0.1) is 0 Å². The van der Waals surface area contributed by atoms with Gasteiger partial charge < -0.3 is 9.47 Å². The van der Waals surface area contributed by atoms with Crippen molar-refractivity contribution in [2.75, 3.05) is 6.61 Å². The van der Waals surface area contributed by atoms with Crippen molar-refractivity contribution in [1.29, 1.82) is 0 Å². The molecule has 0 radical (unpaired) electrons. The van der Waals surface area contributed by atoms with E-state index in [1.54, 1.807) is 0 Å². The molecule has 2 heteroatoms. The van der Waals surface area contributed by atoms with Gasteiger partial charge in [-0.25, -0.2) is 0 Å². The summed E-state index contributed by atoms with van der Waals surface area (Å²) < 4.78 is 13.0. The van der Waals surface area contributed by atoms with Crippen molar-refractivity contribution in [2.24, 2.45) is 16.2 Å². The molecule has 3 rings (SSSR count). The molecular weight excluding hydrogens is 524 g/mol. The van der Waals surface area contributed by atoms with Crippen molar-refractivity contribution in [3.63, 3.8) is 0 Å². The van der Waals surface area contributed by atoms with E-state index in [-0.39, 0.29) is 22.5 Å². The van der Waals surface area contributed by atoms with Crippen LogP contribution in [0.3, 0.4) is 0 Å². The zero-order valence-electron chi connectivity index (χ0n) is 30.7. The summed E-state index contributed by atoms with van der Waals surface area (Å²) in [5, 5.41) is 0. The molecule has 0 heterocycles. The van der Waals surface area contributed by atoms with E-state index < -0.39 is 0 Å². The quantitative estimate of drug-likeness (QED) is 0.190. The Bertz CT molecular complexity index is 939. The largest absolute Gasteiger partial charge is 0.464 e. The van der Waals surface area contributed by atoms with Crippen LogP contribution in [-0.2, 0) is 11.2 Å². The molecular formula is C41H70O2. The molecule has 1 saturated carbocycles. The number of allylic oxidation sites excluding steroid dienone is 2. The lowest BCUT2D eigenvalue weighted by atomic mass is 9.67. The Morgan fingerprint density at radius 3 is 1.74 bits per heavy atom. The minimum absolute atomic E-state index is 0.0211. The van der Waals surface area contributed by atoms with Gasteiger partial charge in [0.15, 0.2) is 0 Å². The molecule has 0 bridgehead atoms. The maximum Gasteiger partial charge on any atom is 0.205 e. The highest BCUT2D eigenvalue weighted by Crippen LogP contribution is 2.47. The van der Waals surface area contributed by atoms with Crippen LogP contribution in [0.25, 0.3) is 0 Å². The van der Waals surface area contributed by atoms with E-state index in [9.17, 15) is 0 Å². The molecule has 246 valence electrons. The Hall–Kier alpha value is -2.06. The summed E-state index contributed by atoms with van der Waals surface area (Å²) >= 11 is 0. The van der Waals surface area contributed by atoms with Crippen molar-refractivity contribution in [1.82, 2.24) is 0 Å². The fourth-order valence-corrected chi connectivity index (χ4v) is 5.85. The molecule has 1 aliphatic rings. The molecule has 0 spiro atoms. The average Bonchev–Trinajstić information content (AvgIpc) is 3.02. The molecule has 1 aliphatic carbocycles. The topological polar surface area (TPSA) is 18.5 Å². The SMILES string of the molecule is C/C=C\C.CC.CC.CCOC(Oc1ccc(C(CC(C)(C)C)C(C)(C)CC)cc1)C1(Cc2ccccc2)CCCCC1. The van der Waals surface area contributed by atoms with E-state index in [0.29, 0.717) is 12.5 Å². The summed E-state index contributed by atoms with van der Waals surface area (Å²) in [7, 11) is 0. The fourth-order valence-electron chi connectivity index (χ4n) is 5.85. The van der Waals surface area contributed by atoms with Gasteiger partial charge >= 0.3 is 0 Å². The lowest BCUT2D eigenvalue weighted by Gasteiger charge is -2.43. The summed E-state index contributed by atoms with van der Waals surface area (Å²) in [6, 6.07) is 19.9. The molecule has 2 aromatic carbocycles. The lowest BCUT2D eigenvalue weighted by Crippen LogP contribution is -2.44. The first-order valence-electron chi connectivity index (χ1n) is 17.5. The Balaban J connectivity index is 0.00000200. The van der Waals surface area contributed by atoms with E-state index in [1.165, 1.54) is 43.2 Å². The number of hydrogen-bond donors (Lipinski definition) is 0. The van der Waals surface area contributed by atoms with Crippen molar-refractivity contribution in [3.05, 3.63) is 77.9 Å². The van der Waals surface area contributed by atoms with Crippen LogP contribution in [0.4, 0.5) is 0 Å². The van der Waals surface area contributed by atoms with Gasteiger partial charge in [0, 0.05) is 12.0 Å². The highest BCUT2D eigenvalue weighted by atomic mass is 16.7. The Morgan fingerprint density at radius 1 is 0.767 bits per heavy atom. The van der Waals surface area contributed by atoms with Crippen molar-refractivity contribution in [2.45, 2.75) is 154 Å². The van der Waals surface area contributed by atoms with Gasteiger partial charge in [0.25, 0.3) is 0 Å². The molecule has 2 unspecified atom stereocenters. The maximum absolute atomic E-state index is 6.70. The van der Waals surface area contributed by atoms with Gasteiger partial charge in [-0.3, -0.25) is 0 Å². The fraction of sp³-hybridized carbons (Fsp3) is 0.659. The van der Waals surface area contributed by atoms with Crippen LogP contribution in [0.15, 0.2) is 66.7 Å². The summed E-state index contributed by atoms with van der Waals surface area (Å²) in [4.78, 5) is 0. The normalized spacial score (nSPS) is 15.9. The monoisotopic (exact) mass is 595 g/mol. The van der Waals surface area contributed by atoms with Gasteiger partial charge in [-0.05, 0) is 86.5 Å². The Labute approximate surface area is 269 Å². The second-order valence-electron chi connectivity index (χ2n) is 13.4. The van der Waals surface area contributed by atoms with Crippen LogP contribution in [0, 0.1) is 16.2 Å². The highest BCUT2D eigenvalue weighted by molar-refractivity contribution is 5.31. The molecule has 0 saturated heterocycles. The first-order valence-corrected chi connectivity index (χ1v) is 17.5. The van der Waals surface area contributed by atoms with Crippen molar-refractivity contribution < 1.29 is 9.47 Å². The molecule has 0 amide bonds. The highest BCUT2D eigenvalue weighted by Gasteiger charge is 2.42. The zero-order valence-corrected chi connectivity index (χ0v) is 30.7. The van der Waals surface area contributed by atoms with Crippen LogP contribution < -0.4 is 4.74 Å². The van der Waals surface area contributed by atoms with E-state index in [0.717, 1.165) is 25.0 Å². The standard InChI is InChI=1S/C33H50O2.C4H8.2C2H6/c1-8-32(6,7)29(25-31(3,4)5)27-18-20-28(21-19-27)35-30(34-9-2)33(22-14-11-15-23-33)24-26-16-12-10-13-17-26;1-3-4-2;2*1-2/h10,12-13,16-21,29-30H,8-9,11,14-15,22-25H2,1-7H3;3-4H,1-2H3;2*1-2H3/b;4-3-;;. The third-order valence-corrected chi connectivity index (χ3v) is 8.60. The van der Waals surface area contributed by atoms with Crippen LogP contribution in [0.1, 0.15) is 152 Å². The molecule has 2 atom stereocenters. The predicted molar refractivity (Wildman–Crippen MR) is 192 cm³/mol. The van der Waals surface area contributed by atoms with Gasteiger partial charge in [-0.15, -0.1) is 0 Å². The number of hydrogen-bond acceptors (Lipinski definition) is 2. The van der Waals surface area contributed by atoms with Crippen LogP contribution in [-0.4, -0.2) is 12.9 Å². The first kappa shape index (κ1) is 40.9. The minimum Gasteiger partial charge on any atom is -0.464 e. The second-order valence-corrected chi connectivity index (χ2v) is 13.4. The van der Waals surface area contributed by atoms with Crippen LogP contribution in [0.5, 0.6) is 5.75 Å².